The minimum atomic E-state index is -3.97. The minimum absolute atomic E-state index is 0.133. The summed E-state index contributed by atoms with van der Waals surface area (Å²) in [6, 6.07) is 23.6. The number of sulfonamides is 1. The molecule has 186 valence electrons. The van der Waals surface area contributed by atoms with Crippen LogP contribution in [0, 0.1) is 6.92 Å². The lowest BCUT2D eigenvalue weighted by Crippen LogP contribution is -2.23. The Kier molecular flexibility index (Phi) is 7.37. The van der Waals surface area contributed by atoms with Crippen LogP contribution in [0.3, 0.4) is 0 Å². The average Bonchev–Trinajstić information content (AvgIpc) is 3.66. The number of rotatable bonds is 8. The number of nitrogens with zero attached hydrogens (tertiary/aromatic N) is 1. The van der Waals surface area contributed by atoms with E-state index in [4.69, 9.17) is 9.47 Å². The van der Waals surface area contributed by atoms with Gasteiger partial charge in [0.1, 0.15) is 5.57 Å². The molecule has 1 fully saturated rings. The summed E-state index contributed by atoms with van der Waals surface area (Å²) in [5.74, 6) is -1.75. The first kappa shape index (κ1) is 25.3. The molecule has 0 amide bonds. The molecular weight excluding hydrogens is 478 g/mol. The summed E-state index contributed by atoms with van der Waals surface area (Å²) in [6.45, 7) is 1.88. The maximum atomic E-state index is 13.8. The van der Waals surface area contributed by atoms with Crippen LogP contribution in [0.2, 0.25) is 0 Å². The molecule has 3 atom stereocenters. The van der Waals surface area contributed by atoms with E-state index in [9.17, 15) is 18.0 Å². The fourth-order valence-electron chi connectivity index (χ4n) is 4.37. The fourth-order valence-corrected chi connectivity index (χ4v) is 6.12. The second-order valence-electron chi connectivity index (χ2n) is 8.49. The molecule has 3 aromatic carbocycles. The molecule has 1 heterocycles. The Hall–Kier alpha value is -3.75. The van der Waals surface area contributed by atoms with E-state index in [2.05, 4.69) is 0 Å². The molecular formula is C28H27NO6S. The number of hydrogen-bond acceptors (Lipinski definition) is 6. The predicted octanol–water partition coefficient (Wildman–Crippen LogP) is 3.99. The van der Waals surface area contributed by atoms with E-state index in [0.717, 1.165) is 16.7 Å². The molecule has 0 bridgehead atoms. The number of esters is 2. The standard InChI is InChI=1S/C28H27NO6S/c1-19-14-16-22(17-15-19)36(32,33)29-25(21-12-8-5-9-13-21)26(29)23(18-20-10-6-4-7-11-20)24(27(30)34-2)28(31)35-3/h4-17,25-26H,18H2,1-3H3/t25-,26+,29?/m0/s1. The van der Waals surface area contributed by atoms with Gasteiger partial charge in [0.25, 0.3) is 0 Å². The maximum Gasteiger partial charge on any atom is 0.345 e. The molecule has 36 heavy (non-hydrogen) atoms. The summed E-state index contributed by atoms with van der Waals surface area (Å²) in [5.41, 5.74) is 2.52. The molecule has 0 radical (unpaired) electrons. The first-order chi connectivity index (χ1) is 17.3. The second-order valence-corrected chi connectivity index (χ2v) is 10.3. The van der Waals surface area contributed by atoms with Crippen LogP contribution in [-0.4, -0.2) is 44.9 Å². The van der Waals surface area contributed by atoms with Gasteiger partial charge < -0.3 is 9.47 Å². The summed E-state index contributed by atoms with van der Waals surface area (Å²) in [4.78, 5) is 25.8. The van der Waals surface area contributed by atoms with Crippen LogP contribution in [0.25, 0.3) is 0 Å². The predicted molar refractivity (Wildman–Crippen MR) is 134 cm³/mol. The summed E-state index contributed by atoms with van der Waals surface area (Å²) >= 11 is 0. The summed E-state index contributed by atoms with van der Waals surface area (Å²) < 4.78 is 38.9. The van der Waals surface area contributed by atoms with Crippen LogP contribution in [0.15, 0.2) is 101 Å². The SMILES string of the molecule is COC(=O)C(C(=O)OC)=C(Cc1ccccc1)[C@@H]1[C@H](c2ccccc2)N1S(=O)(=O)c1ccc(C)cc1. The zero-order chi connectivity index (χ0) is 25.9. The lowest BCUT2D eigenvalue weighted by atomic mass is 9.94. The number of carbonyl (C=O) groups is 2. The zero-order valence-electron chi connectivity index (χ0n) is 20.2. The minimum Gasteiger partial charge on any atom is -0.465 e. The number of carbonyl (C=O) groups excluding carboxylic acids is 2. The van der Waals surface area contributed by atoms with Crippen molar-refractivity contribution in [2.24, 2.45) is 0 Å². The molecule has 0 saturated carbocycles. The molecule has 1 aliphatic rings. The number of aryl methyl sites for hydroxylation is 1. The van der Waals surface area contributed by atoms with Crippen molar-refractivity contribution in [2.75, 3.05) is 14.2 Å². The van der Waals surface area contributed by atoms with E-state index in [1.807, 2.05) is 67.6 Å². The molecule has 1 aliphatic heterocycles. The highest BCUT2D eigenvalue weighted by Crippen LogP contribution is 2.52. The Balaban J connectivity index is 1.91. The van der Waals surface area contributed by atoms with Gasteiger partial charge in [-0.15, -0.1) is 0 Å². The van der Waals surface area contributed by atoms with Gasteiger partial charge in [-0.05, 0) is 42.2 Å². The van der Waals surface area contributed by atoms with Gasteiger partial charge in [-0.1, -0.05) is 78.4 Å². The summed E-state index contributed by atoms with van der Waals surface area (Å²) in [7, 11) is -1.62. The van der Waals surface area contributed by atoms with Crippen molar-refractivity contribution < 1.29 is 27.5 Å². The molecule has 0 aromatic heterocycles. The van der Waals surface area contributed by atoms with Crippen LogP contribution >= 0.6 is 0 Å². The van der Waals surface area contributed by atoms with Gasteiger partial charge in [0, 0.05) is 0 Å². The Labute approximate surface area is 211 Å². The molecule has 0 N–H and O–H groups in total. The van der Waals surface area contributed by atoms with Gasteiger partial charge in [-0.3, -0.25) is 0 Å². The van der Waals surface area contributed by atoms with E-state index in [-0.39, 0.29) is 16.9 Å². The Bertz CT molecular complexity index is 1360. The van der Waals surface area contributed by atoms with Crippen molar-refractivity contribution >= 4 is 22.0 Å². The van der Waals surface area contributed by atoms with Gasteiger partial charge in [0.15, 0.2) is 0 Å². The van der Waals surface area contributed by atoms with E-state index in [1.165, 1.54) is 18.5 Å². The quantitative estimate of drug-likeness (QED) is 0.151. The Morgan fingerprint density at radius 2 is 1.33 bits per heavy atom. The number of ether oxygens (including phenoxy) is 2. The molecule has 1 unspecified atom stereocenters. The molecule has 8 heteroatoms. The normalized spacial score (nSPS) is 18.7. The topological polar surface area (TPSA) is 89.8 Å². The summed E-state index contributed by atoms with van der Waals surface area (Å²) in [5, 5.41) is 0. The lowest BCUT2D eigenvalue weighted by molar-refractivity contribution is -0.144. The number of benzene rings is 3. The van der Waals surface area contributed by atoms with Crippen molar-refractivity contribution in [3.8, 4) is 0 Å². The third kappa shape index (κ3) is 4.96. The highest BCUT2D eigenvalue weighted by molar-refractivity contribution is 7.89. The van der Waals surface area contributed by atoms with Gasteiger partial charge in [-0.25, -0.2) is 18.0 Å². The fraction of sp³-hybridized carbons (Fsp3) is 0.214. The van der Waals surface area contributed by atoms with E-state index in [0.29, 0.717) is 5.57 Å². The van der Waals surface area contributed by atoms with Gasteiger partial charge in [-0.2, -0.15) is 4.31 Å². The first-order valence-corrected chi connectivity index (χ1v) is 12.8. The highest BCUT2D eigenvalue weighted by Gasteiger charge is 2.59. The third-order valence-corrected chi connectivity index (χ3v) is 8.07. The third-order valence-electron chi connectivity index (χ3n) is 6.19. The van der Waals surface area contributed by atoms with Crippen LogP contribution in [0.1, 0.15) is 22.7 Å². The summed E-state index contributed by atoms with van der Waals surface area (Å²) in [6.07, 6.45) is 0.161. The van der Waals surface area contributed by atoms with E-state index >= 15 is 0 Å². The Morgan fingerprint density at radius 3 is 1.86 bits per heavy atom. The average molecular weight is 506 g/mol. The van der Waals surface area contributed by atoms with Crippen LogP contribution in [0.4, 0.5) is 0 Å². The molecule has 0 aliphatic carbocycles. The molecule has 0 spiro atoms. The van der Waals surface area contributed by atoms with Crippen molar-refractivity contribution in [3.05, 3.63) is 113 Å². The smallest absolute Gasteiger partial charge is 0.345 e. The van der Waals surface area contributed by atoms with Crippen molar-refractivity contribution in [1.82, 2.24) is 4.31 Å². The molecule has 3 aromatic rings. The van der Waals surface area contributed by atoms with Gasteiger partial charge in [0.2, 0.25) is 10.0 Å². The number of methoxy groups -OCH3 is 2. The largest absolute Gasteiger partial charge is 0.465 e. The van der Waals surface area contributed by atoms with Gasteiger partial charge >= 0.3 is 11.9 Å². The first-order valence-electron chi connectivity index (χ1n) is 11.4. The maximum absolute atomic E-state index is 13.8. The molecule has 7 nitrogen and oxygen atoms in total. The lowest BCUT2D eigenvalue weighted by Gasteiger charge is -2.14. The van der Waals surface area contributed by atoms with E-state index in [1.54, 1.807) is 24.3 Å². The van der Waals surface area contributed by atoms with Gasteiger partial charge in [0.05, 0.1) is 31.2 Å². The highest BCUT2D eigenvalue weighted by atomic mass is 32.2. The molecule has 4 rings (SSSR count). The van der Waals surface area contributed by atoms with Crippen LogP contribution in [-0.2, 0) is 35.5 Å². The molecule has 1 saturated heterocycles. The number of hydrogen-bond donors (Lipinski definition) is 0. The van der Waals surface area contributed by atoms with E-state index < -0.39 is 34.0 Å². The zero-order valence-corrected chi connectivity index (χ0v) is 21.1. The van der Waals surface area contributed by atoms with Crippen LogP contribution < -0.4 is 0 Å². The van der Waals surface area contributed by atoms with Crippen molar-refractivity contribution in [3.63, 3.8) is 0 Å². The van der Waals surface area contributed by atoms with Crippen molar-refractivity contribution in [2.45, 2.75) is 30.3 Å². The Morgan fingerprint density at radius 1 is 0.806 bits per heavy atom. The second kappa shape index (κ2) is 10.5. The van der Waals surface area contributed by atoms with Crippen LogP contribution in [0.5, 0.6) is 0 Å². The van der Waals surface area contributed by atoms with Crippen molar-refractivity contribution in [1.29, 1.82) is 0 Å². The monoisotopic (exact) mass is 505 g/mol.